The number of thiophene rings is 1. The predicted octanol–water partition coefficient (Wildman–Crippen LogP) is 5.24. The van der Waals surface area contributed by atoms with E-state index in [0.29, 0.717) is 23.5 Å². The highest BCUT2D eigenvalue weighted by Crippen LogP contribution is 2.38. The Morgan fingerprint density at radius 1 is 1.11 bits per heavy atom. The van der Waals surface area contributed by atoms with Crippen molar-refractivity contribution in [2.75, 3.05) is 24.2 Å². The average molecular weight is 581 g/mol. The van der Waals surface area contributed by atoms with Crippen LogP contribution in [0.15, 0.2) is 59.5 Å². The third-order valence-electron chi connectivity index (χ3n) is 6.11. The summed E-state index contributed by atoms with van der Waals surface area (Å²) in [7, 11) is -3.63. The number of nitrogens with one attached hydrogen (secondary N) is 1. The standard InChI is InChI=1S/C27H29FN2O5S2.ClH/c1-2-35-27(32)25-22-14-15-30(17-19-7-4-3-5-8-19)18-23(22)36-26(25)29-24(31)9-6-16-37(33,34)21-12-10-20(28)11-13-21;/h3-5,7-8,10-13H,2,6,9,14-18H2,1H3,(H,29,31);1H. The Morgan fingerprint density at radius 3 is 2.50 bits per heavy atom. The van der Waals surface area contributed by atoms with Crippen LogP contribution in [0.5, 0.6) is 0 Å². The van der Waals surface area contributed by atoms with Crippen molar-refractivity contribution in [2.45, 2.75) is 44.2 Å². The molecule has 2 aromatic carbocycles. The molecule has 38 heavy (non-hydrogen) atoms. The van der Waals surface area contributed by atoms with Gasteiger partial charge < -0.3 is 10.1 Å². The smallest absolute Gasteiger partial charge is 0.341 e. The van der Waals surface area contributed by atoms with Gasteiger partial charge in [-0.3, -0.25) is 9.69 Å². The topological polar surface area (TPSA) is 92.8 Å². The van der Waals surface area contributed by atoms with E-state index in [1.807, 2.05) is 18.2 Å². The molecule has 0 radical (unpaired) electrons. The van der Waals surface area contributed by atoms with Crippen LogP contribution in [0.3, 0.4) is 0 Å². The lowest BCUT2D eigenvalue weighted by Crippen LogP contribution is -2.29. The maximum absolute atomic E-state index is 13.1. The lowest BCUT2D eigenvalue weighted by molar-refractivity contribution is -0.116. The van der Waals surface area contributed by atoms with E-state index in [2.05, 4.69) is 22.3 Å². The van der Waals surface area contributed by atoms with Crippen molar-refractivity contribution in [3.8, 4) is 0 Å². The quantitative estimate of drug-likeness (QED) is 0.260. The van der Waals surface area contributed by atoms with Gasteiger partial charge in [0.2, 0.25) is 5.91 Å². The molecule has 0 atom stereocenters. The number of sulfone groups is 1. The molecule has 0 bridgehead atoms. The van der Waals surface area contributed by atoms with E-state index in [9.17, 15) is 22.4 Å². The maximum Gasteiger partial charge on any atom is 0.341 e. The second-order valence-corrected chi connectivity index (χ2v) is 12.0. The van der Waals surface area contributed by atoms with Gasteiger partial charge in [0.15, 0.2) is 9.84 Å². The molecular weight excluding hydrogens is 551 g/mol. The van der Waals surface area contributed by atoms with Crippen LogP contribution >= 0.6 is 23.7 Å². The van der Waals surface area contributed by atoms with Gasteiger partial charge in [-0.25, -0.2) is 17.6 Å². The molecule has 0 saturated heterocycles. The zero-order valence-corrected chi connectivity index (χ0v) is 23.4. The number of amides is 1. The summed E-state index contributed by atoms with van der Waals surface area (Å²) in [6, 6.07) is 14.8. The third-order valence-corrected chi connectivity index (χ3v) is 9.06. The minimum Gasteiger partial charge on any atom is -0.462 e. The fraction of sp³-hybridized carbons (Fsp3) is 0.333. The molecular formula is C27H30ClFN2O5S2. The van der Waals surface area contributed by atoms with Crippen molar-refractivity contribution in [1.82, 2.24) is 4.90 Å². The fourth-order valence-electron chi connectivity index (χ4n) is 4.31. The second-order valence-electron chi connectivity index (χ2n) is 8.80. The molecule has 204 valence electrons. The molecule has 11 heteroatoms. The highest BCUT2D eigenvalue weighted by Gasteiger charge is 2.29. The minimum atomic E-state index is -3.63. The van der Waals surface area contributed by atoms with Gasteiger partial charge in [0.1, 0.15) is 10.8 Å². The number of anilines is 1. The number of halogens is 2. The van der Waals surface area contributed by atoms with Crippen LogP contribution < -0.4 is 5.32 Å². The van der Waals surface area contributed by atoms with Gasteiger partial charge >= 0.3 is 5.97 Å². The van der Waals surface area contributed by atoms with Gasteiger partial charge in [0.05, 0.1) is 22.8 Å². The van der Waals surface area contributed by atoms with Crippen LogP contribution in [0, 0.1) is 5.82 Å². The van der Waals surface area contributed by atoms with E-state index in [-0.39, 0.29) is 48.4 Å². The number of ether oxygens (including phenoxy) is 1. The Morgan fingerprint density at radius 2 is 1.82 bits per heavy atom. The molecule has 0 saturated carbocycles. The first-order valence-electron chi connectivity index (χ1n) is 12.1. The largest absolute Gasteiger partial charge is 0.462 e. The van der Waals surface area contributed by atoms with Gasteiger partial charge in [-0.05, 0) is 55.2 Å². The number of benzene rings is 2. The molecule has 1 aromatic heterocycles. The van der Waals surface area contributed by atoms with E-state index >= 15 is 0 Å². The Balaban J connectivity index is 0.00000400. The summed E-state index contributed by atoms with van der Waals surface area (Å²) in [6.07, 6.45) is 0.722. The number of nitrogens with zero attached hydrogens (tertiary/aromatic N) is 1. The molecule has 0 unspecified atom stereocenters. The summed E-state index contributed by atoms with van der Waals surface area (Å²) in [4.78, 5) is 28.8. The van der Waals surface area contributed by atoms with E-state index in [1.54, 1.807) is 6.92 Å². The summed E-state index contributed by atoms with van der Waals surface area (Å²) in [5.41, 5.74) is 2.51. The number of esters is 1. The highest BCUT2D eigenvalue weighted by molar-refractivity contribution is 7.91. The van der Waals surface area contributed by atoms with Crippen LogP contribution in [-0.4, -0.2) is 44.1 Å². The third kappa shape index (κ3) is 7.41. The predicted molar refractivity (Wildman–Crippen MR) is 148 cm³/mol. The molecule has 4 rings (SSSR count). The van der Waals surface area contributed by atoms with Gasteiger partial charge in [0.25, 0.3) is 0 Å². The normalized spacial score (nSPS) is 13.3. The fourth-order valence-corrected chi connectivity index (χ4v) is 6.92. The molecule has 1 amide bonds. The van der Waals surface area contributed by atoms with Crippen LogP contribution in [0.1, 0.15) is 46.1 Å². The minimum absolute atomic E-state index is 0. The number of carbonyl (C=O) groups is 2. The first-order valence-corrected chi connectivity index (χ1v) is 14.6. The van der Waals surface area contributed by atoms with E-state index in [4.69, 9.17) is 4.74 Å². The Kier molecular flexibility index (Phi) is 10.4. The molecule has 1 aliphatic rings. The lowest BCUT2D eigenvalue weighted by Gasteiger charge is -2.27. The molecule has 2 heterocycles. The zero-order valence-electron chi connectivity index (χ0n) is 20.9. The molecule has 0 fully saturated rings. The van der Waals surface area contributed by atoms with Gasteiger partial charge in [0, 0.05) is 30.9 Å². The first kappa shape index (κ1) is 29.8. The van der Waals surface area contributed by atoms with Gasteiger partial charge in [-0.1, -0.05) is 30.3 Å². The zero-order chi connectivity index (χ0) is 26.4. The number of hydrogen-bond donors (Lipinski definition) is 1. The van der Waals surface area contributed by atoms with Crippen molar-refractivity contribution >= 4 is 50.5 Å². The lowest BCUT2D eigenvalue weighted by atomic mass is 10.0. The average Bonchev–Trinajstić information content (AvgIpc) is 3.22. The molecule has 0 spiro atoms. The number of hydrogen-bond acceptors (Lipinski definition) is 7. The van der Waals surface area contributed by atoms with E-state index in [0.717, 1.165) is 35.7 Å². The van der Waals surface area contributed by atoms with Crippen LogP contribution in [0.25, 0.3) is 0 Å². The van der Waals surface area contributed by atoms with Crippen molar-refractivity contribution < 1.29 is 27.1 Å². The SMILES string of the molecule is CCOC(=O)c1c(NC(=O)CCCS(=O)(=O)c2ccc(F)cc2)sc2c1CCN(Cc1ccccc1)C2.Cl. The Hall–Kier alpha value is -2.79. The van der Waals surface area contributed by atoms with Crippen molar-refractivity contribution in [1.29, 1.82) is 0 Å². The molecule has 1 N–H and O–H groups in total. The molecule has 0 aliphatic carbocycles. The van der Waals surface area contributed by atoms with E-state index in [1.165, 1.54) is 29.0 Å². The first-order chi connectivity index (χ1) is 17.8. The summed E-state index contributed by atoms with van der Waals surface area (Å²) in [5, 5.41) is 3.26. The summed E-state index contributed by atoms with van der Waals surface area (Å²) >= 11 is 1.37. The summed E-state index contributed by atoms with van der Waals surface area (Å²) < 4.78 is 43.3. The number of rotatable bonds is 10. The van der Waals surface area contributed by atoms with Crippen LogP contribution in [0.4, 0.5) is 9.39 Å². The monoisotopic (exact) mass is 580 g/mol. The van der Waals surface area contributed by atoms with Crippen molar-refractivity contribution in [2.24, 2.45) is 0 Å². The Labute approximate surface area is 232 Å². The van der Waals surface area contributed by atoms with Crippen molar-refractivity contribution in [3.63, 3.8) is 0 Å². The summed E-state index contributed by atoms with van der Waals surface area (Å²) in [6.45, 7) is 4.18. The van der Waals surface area contributed by atoms with Crippen LogP contribution in [0.2, 0.25) is 0 Å². The van der Waals surface area contributed by atoms with Crippen molar-refractivity contribution in [3.05, 3.63) is 82.0 Å². The van der Waals surface area contributed by atoms with Gasteiger partial charge in [-0.2, -0.15) is 0 Å². The molecule has 3 aromatic rings. The van der Waals surface area contributed by atoms with E-state index < -0.39 is 21.6 Å². The Bertz CT molecular complexity index is 1360. The van der Waals surface area contributed by atoms with Gasteiger partial charge in [-0.15, -0.1) is 23.7 Å². The second kappa shape index (κ2) is 13.3. The highest BCUT2D eigenvalue weighted by atomic mass is 35.5. The van der Waals surface area contributed by atoms with Crippen LogP contribution in [-0.2, 0) is 38.9 Å². The number of carbonyl (C=O) groups excluding carboxylic acids is 2. The molecule has 7 nitrogen and oxygen atoms in total. The molecule has 1 aliphatic heterocycles. The maximum atomic E-state index is 13.1. The number of fused-ring (bicyclic) bond motifs is 1. The summed E-state index contributed by atoms with van der Waals surface area (Å²) in [5.74, 6) is -1.60.